The minimum Gasteiger partial charge on any atom is -0.489 e. The van der Waals surface area contributed by atoms with Gasteiger partial charge >= 0.3 is 0 Å². The van der Waals surface area contributed by atoms with Crippen LogP contribution in [0.15, 0.2) is 66.7 Å². The average molecular weight is 419 g/mol. The van der Waals surface area contributed by atoms with Crippen LogP contribution in [-0.4, -0.2) is 43.2 Å². The number of carbonyl (C=O) groups excluding carboxylic acids is 2. The molecule has 1 aliphatic heterocycles. The molecule has 2 aromatic carbocycles. The summed E-state index contributed by atoms with van der Waals surface area (Å²) >= 11 is 0. The second-order valence-corrected chi connectivity index (χ2v) is 6.62. The number of benzene rings is 2. The maximum absolute atomic E-state index is 12.7. The molecular weight excluding hydrogens is 398 g/mol. The molecule has 1 aromatic heterocycles. The fourth-order valence-electron chi connectivity index (χ4n) is 2.98. The van der Waals surface area contributed by atoms with E-state index in [1.165, 1.54) is 0 Å². The number of para-hydroxylation sites is 4. The van der Waals surface area contributed by atoms with Crippen molar-refractivity contribution in [3.8, 4) is 11.5 Å². The lowest BCUT2D eigenvalue weighted by Gasteiger charge is -2.15. The van der Waals surface area contributed by atoms with Crippen LogP contribution in [0.1, 0.15) is 21.0 Å². The summed E-state index contributed by atoms with van der Waals surface area (Å²) in [6.07, 6.45) is 0. The van der Waals surface area contributed by atoms with Crippen LogP contribution < -0.4 is 20.1 Å². The van der Waals surface area contributed by atoms with Gasteiger partial charge in [-0.05, 0) is 36.4 Å². The minimum absolute atomic E-state index is 0.108. The molecule has 2 N–H and O–H groups in total. The predicted molar refractivity (Wildman–Crippen MR) is 115 cm³/mol. The van der Waals surface area contributed by atoms with E-state index in [0.29, 0.717) is 49.3 Å². The highest BCUT2D eigenvalue weighted by molar-refractivity contribution is 6.06. The SMILES string of the molecule is O=C1Nc2ccccc2OCCOCCOc2ccccc2NC(=O)c2cccc1n2. The van der Waals surface area contributed by atoms with Gasteiger partial charge < -0.3 is 24.8 Å². The highest BCUT2D eigenvalue weighted by Crippen LogP contribution is 2.25. The summed E-state index contributed by atoms with van der Waals surface area (Å²) in [5, 5.41) is 5.57. The Balaban J connectivity index is 1.63. The van der Waals surface area contributed by atoms with Crippen molar-refractivity contribution < 1.29 is 23.8 Å². The van der Waals surface area contributed by atoms with E-state index in [1.807, 2.05) is 12.1 Å². The molecule has 0 fully saturated rings. The molecule has 0 radical (unpaired) electrons. The van der Waals surface area contributed by atoms with Crippen LogP contribution in [0.25, 0.3) is 0 Å². The molecule has 1 aliphatic rings. The lowest BCUT2D eigenvalue weighted by atomic mass is 10.2. The predicted octanol–water partition coefficient (Wildman–Crippen LogP) is 3.37. The number of anilines is 2. The van der Waals surface area contributed by atoms with Crippen LogP contribution in [0, 0.1) is 0 Å². The Kier molecular flexibility index (Phi) is 6.39. The fourth-order valence-corrected chi connectivity index (χ4v) is 2.98. The van der Waals surface area contributed by atoms with Gasteiger partial charge in [0.1, 0.15) is 36.1 Å². The van der Waals surface area contributed by atoms with E-state index < -0.39 is 11.8 Å². The third-order valence-corrected chi connectivity index (χ3v) is 4.46. The average Bonchev–Trinajstić information content (AvgIpc) is 2.80. The number of amides is 2. The molecule has 0 aliphatic carbocycles. The second kappa shape index (κ2) is 9.73. The molecule has 2 bridgehead atoms. The maximum atomic E-state index is 12.7. The lowest BCUT2D eigenvalue weighted by molar-refractivity contribution is 0.0766. The Morgan fingerprint density at radius 1 is 0.613 bits per heavy atom. The van der Waals surface area contributed by atoms with Gasteiger partial charge in [0, 0.05) is 0 Å². The number of aromatic nitrogens is 1. The second-order valence-electron chi connectivity index (χ2n) is 6.62. The van der Waals surface area contributed by atoms with Gasteiger partial charge in [0.05, 0.1) is 24.6 Å². The molecule has 0 saturated heterocycles. The summed E-state index contributed by atoms with van der Waals surface area (Å²) in [7, 11) is 0. The molecule has 4 rings (SSSR count). The van der Waals surface area contributed by atoms with Crippen molar-refractivity contribution in [1.82, 2.24) is 4.98 Å². The van der Waals surface area contributed by atoms with Crippen molar-refractivity contribution in [3.63, 3.8) is 0 Å². The Bertz CT molecular complexity index is 1010. The van der Waals surface area contributed by atoms with Gasteiger partial charge in [-0.1, -0.05) is 30.3 Å². The zero-order chi connectivity index (χ0) is 21.5. The first-order chi connectivity index (χ1) is 15.2. The largest absolute Gasteiger partial charge is 0.489 e. The molecule has 8 nitrogen and oxygen atoms in total. The molecule has 0 atom stereocenters. The first-order valence-corrected chi connectivity index (χ1v) is 9.82. The van der Waals surface area contributed by atoms with Gasteiger partial charge in [-0.2, -0.15) is 0 Å². The van der Waals surface area contributed by atoms with Crippen molar-refractivity contribution in [1.29, 1.82) is 0 Å². The maximum Gasteiger partial charge on any atom is 0.274 e. The van der Waals surface area contributed by atoms with Crippen LogP contribution in [0.5, 0.6) is 11.5 Å². The normalized spacial score (nSPS) is 15.0. The molecule has 0 saturated carbocycles. The van der Waals surface area contributed by atoms with Gasteiger partial charge in [0.2, 0.25) is 0 Å². The first-order valence-electron chi connectivity index (χ1n) is 9.82. The smallest absolute Gasteiger partial charge is 0.274 e. The standard InChI is InChI=1S/C23H21N3O5/c27-22-18-8-5-9-19(24-18)23(28)26-17-7-2-4-11-21(17)31-15-13-29-12-14-30-20-10-3-1-6-16(20)25-22/h1-11H,12-15H2,(H,25,27)(H,26,28). The summed E-state index contributed by atoms with van der Waals surface area (Å²) < 4.78 is 17.0. The van der Waals surface area contributed by atoms with Crippen molar-refractivity contribution in [3.05, 3.63) is 78.1 Å². The first kappa shape index (κ1) is 20.4. The number of hydrogen-bond acceptors (Lipinski definition) is 6. The summed E-state index contributed by atoms with van der Waals surface area (Å²) in [6.45, 7) is 1.34. The zero-order valence-electron chi connectivity index (χ0n) is 16.7. The van der Waals surface area contributed by atoms with Gasteiger partial charge in [-0.3, -0.25) is 9.59 Å². The number of nitrogens with one attached hydrogen (secondary N) is 2. The Labute approximate surface area is 179 Å². The molecule has 3 aromatic rings. The third kappa shape index (κ3) is 5.18. The van der Waals surface area contributed by atoms with Crippen LogP contribution >= 0.6 is 0 Å². The number of pyridine rings is 1. The summed E-state index contributed by atoms with van der Waals surface area (Å²) in [5.74, 6) is 0.123. The van der Waals surface area contributed by atoms with Crippen LogP contribution in [0.3, 0.4) is 0 Å². The van der Waals surface area contributed by atoms with Crippen molar-refractivity contribution >= 4 is 23.2 Å². The Hall–Kier alpha value is -3.91. The number of fused-ring (bicyclic) bond motifs is 4. The van der Waals surface area contributed by atoms with Crippen molar-refractivity contribution in [2.75, 3.05) is 37.1 Å². The van der Waals surface area contributed by atoms with Crippen molar-refractivity contribution in [2.24, 2.45) is 0 Å². The van der Waals surface area contributed by atoms with Crippen LogP contribution in [0.2, 0.25) is 0 Å². The molecule has 0 unspecified atom stereocenters. The number of carbonyl (C=O) groups is 2. The summed E-state index contributed by atoms with van der Waals surface area (Å²) in [4.78, 5) is 29.7. The Morgan fingerprint density at radius 2 is 1.10 bits per heavy atom. The highest BCUT2D eigenvalue weighted by atomic mass is 16.5. The van der Waals surface area contributed by atoms with E-state index in [0.717, 1.165) is 0 Å². The van der Waals surface area contributed by atoms with Gasteiger partial charge in [-0.15, -0.1) is 0 Å². The fraction of sp³-hybridized carbons (Fsp3) is 0.174. The van der Waals surface area contributed by atoms with Crippen LogP contribution in [-0.2, 0) is 4.74 Å². The number of hydrogen-bond donors (Lipinski definition) is 2. The zero-order valence-corrected chi connectivity index (χ0v) is 16.7. The van der Waals surface area contributed by atoms with Gasteiger partial charge in [0.15, 0.2) is 0 Å². The summed E-state index contributed by atoms with van der Waals surface area (Å²) in [5.41, 5.74) is 1.22. The quantitative estimate of drug-likeness (QED) is 0.580. The lowest BCUT2D eigenvalue weighted by Crippen LogP contribution is -2.20. The monoisotopic (exact) mass is 419 g/mol. The van der Waals surface area contributed by atoms with Crippen molar-refractivity contribution in [2.45, 2.75) is 0 Å². The molecule has 158 valence electrons. The molecule has 8 heteroatoms. The molecule has 2 amide bonds. The van der Waals surface area contributed by atoms with E-state index in [4.69, 9.17) is 14.2 Å². The van der Waals surface area contributed by atoms with E-state index in [-0.39, 0.29) is 11.4 Å². The molecule has 2 heterocycles. The Morgan fingerprint density at radius 3 is 1.61 bits per heavy atom. The van der Waals surface area contributed by atoms with Crippen LogP contribution in [0.4, 0.5) is 11.4 Å². The van der Waals surface area contributed by atoms with E-state index in [1.54, 1.807) is 54.6 Å². The third-order valence-electron chi connectivity index (χ3n) is 4.46. The minimum atomic E-state index is -0.452. The topological polar surface area (TPSA) is 98.8 Å². The summed E-state index contributed by atoms with van der Waals surface area (Å²) in [6, 6.07) is 18.9. The highest BCUT2D eigenvalue weighted by Gasteiger charge is 2.16. The molecule has 0 spiro atoms. The number of nitrogens with zero attached hydrogens (tertiary/aromatic N) is 1. The molecular formula is C23H21N3O5. The van der Waals surface area contributed by atoms with E-state index in [2.05, 4.69) is 15.6 Å². The number of ether oxygens (including phenoxy) is 3. The van der Waals surface area contributed by atoms with E-state index in [9.17, 15) is 9.59 Å². The van der Waals surface area contributed by atoms with E-state index >= 15 is 0 Å². The number of rotatable bonds is 0. The molecule has 31 heavy (non-hydrogen) atoms. The van der Waals surface area contributed by atoms with Gasteiger partial charge in [0.25, 0.3) is 11.8 Å². The van der Waals surface area contributed by atoms with Gasteiger partial charge in [-0.25, -0.2) is 4.98 Å².